The summed E-state index contributed by atoms with van der Waals surface area (Å²) >= 11 is 0. The van der Waals surface area contributed by atoms with E-state index in [2.05, 4.69) is 4.98 Å². The number of aliphatic hydroxyl groups is 1. The van der Waals surface area contributed by atoms with Gasteiger partial charge in [-0.1, -0.05) is 33.8 Å². The quantitative estimate of drug-likeness (QED) is 0.800. The molecule has 0 aromatic carbocycles. The standard InChI is InChI=1S/C12H19NO/c1-9(2)12(14,10(3)4)11-7-5-6-8-13-11/h5-10,14H,1-4H3. The summed E-state index contributed by atoms with van der Waals surface area (Å²) in [5, 5.41) is 10.6. The first kappa shape index (κ1) is 11.2. The zero-order chi connectivity index (χ0) is 10.8. The molecular formula is C12H19NO. The first-order chi connectivity index (χ1) is 6.49. The SMILES string of the molecule is CC(C)C(O)(c1ccccn1)C(C)C. The molecule has 0 aliphatic heterocycles. The number of rotatable bonds is 3. The van der Waals surface area contributed by atoms with Gasteiger partial charge < -0.3 is 5.11 Å². The van der Waals surface area contributed by atoms with Crippen LogP contribution >= 0.6 is 0 Å². The average molecular weight is 193 g/mol. The molecule has 0 saturated carbocycles. The summed E-state index contributed by atoms with van der Waals surface area (Å²) in [6, 6.07) is 5.67. The van der Waals surface area contributed by atoms with Crippen LogP contribution in [-0.2, 0) is 5.60 Å². The van der Waals surface area contributed by atoms with Crippen molar-refractivity contribution in [1.82, 2.24) is 4.98 Å². The summed E-state index contributed by atoms with van der Waals surface area (Å²) in [5.74, 6) is 0.329. The van der Waals surface area contributed by atoms with E-state index in [4.69, 9.17) is 0 Å². The lowest BCUT2D eigenvalue weighted by molar-refractivity contribution is -0.0568. The third kappa shape index (κ3) is 1.80. The van der Waals surface area contributed by atoms with E-state index in [9.17, 15) is 5.11 Å². The Balaban J connectivity index is 3.13. The predicted molar refractivity (Wildman–Crippen MR) is 57.8 cm³/mol. The third-order valence-corrected chi connectivity index (χ3v) is 2.84. The highest BCUT2D eigenvalue weighted by atomic mass is 16.3. The van der Waals surface area contributed by atoms with E-state index in [0.717, 1.165) is 5.69 Å². The van der Waals surface area contributed by atoms with Gasteiger partial charge in [0.25, 0.3) is 0 Å². The van der Waals surface area contributed by atoms with Gasteiger partial charge in [0.05, 0.1) is 5.69 Å². The van der Waals surface area contributed by atoms with Gasteiger partial charge in [-0.15, -0.1) is 0 Å². The van der Waals surface area contributed by atoms with Crippen molar-refractivity contribution in [3.8, 4) is 0 Å². The molecule has 0 amide bonds. The molecule has 1 N–H and O–H groups in total. The van der Waals surface area contributed by atoms with Gasteiger partial charge in [-0.2, -0.15) is 0 Å². The molecule has 2 heteroatoms. The number of nitrogens with zero attached hydrogens (tertiary/aromatic N) is 1. The molecular weight excluding hydrogens is 174 g/mol. The van der Waals surface area contributed by atoms with Crippen LogP contribution in [0.15, 0.2) is 24.4 Å². The van der Waals surface area contributed by atoms with Gasteiger partial charge in [0.15, 0.2) is 0 Å². The fourth-order valence-corrected chi connectivity index (χ4v) is 1.86. The van der Waals surface area contributed by atoms with E-state index in [1.807, 2.05) is 45.9 Å². The van der Waals surface area contributed by atoms with Gasteiger partial charge in [-0.3, -0.25) is 4.98 Å². The third-order valence-electron chi connectivity index (χ3n) is 2.84. The van der Waals surface area contributed by atoms with Crippen molar-refractivity contribution < 1.29 is 5.11 Å². The maximum Gasteiger partial charge on any atom is 0.111 e. The van der Waals surface area contributed by atoms with E-state index in [0.29, 0.717) is 0 Å². The molecule has 0 atom stereocenters. The van der Waals surface area contributed by atoms with E-state index in [1.165, 1.54) is 0 Å². The maximum absolute atomic E-state index is 10.6. The van der Waals surface area contributed by atoms with Crippen molar-refractivity contribution in [2.45, 2.75) is 33.3 Å². The van der Waals surface area contributed by atoms with E-state index in [-0.39, 0.29) is 11.8 Å². The fraction of sp³-hybridized carbons (Fsp3) is 0.583. The zero-order valence-electron chi connectivity index (χ0n) is 9.36. The zero-order valence-corrected chi connectivity index (χ0v) is 9.36. The van der Waals surface area contributed by atoms with Crippen molar-refractivity contribution in [2.24, 2.45) is 11.8 Å². The molecule has 14 heavy (non-hydrogen) atoms. The summed E-state index contributed by atoms with van der Waals surface area (Å²) in [7, 11) is 0. The fourth-order valence-electron chi connectivity index (χ4n) is 1.86. The molecule has 0 aliphatic carbocycles. The van der Waals surface area contributed by atoms with Gasteiger partial charge in [0.1, 0.15) is 5.60 Å². The molecule has 78 valence electrons. The summed E-state index contributed by atoms with van der Waals surface area (Å²) in [4.78, 5) is 4.24. The largest absolute Gasteiger partial charge is 0.383 e. The maximum atomic E-state index is 10.6. The normalized spacial score (nSPS) is 12.5. The first-order valence-corrected chi connectivity index (χ1v) is 5.13. The predicted octanol–water partition coefficient (Wildman–Crippen LogP) is 2.58. The van der Waals surface area contributed by atoms with Crippen LogP contribution < -0.4 is 0 Å². The van der Waals surface area contributed by atoms with Crippen molar-refractivity contribution in [3.63, 3.8) is 0 Å². The summed E-state index contributed by atoms with van der Waals surface area (Å²) in [5.41, 5.74) is -0.0497. The summed E-state index contributed by atoms with van der Waals surface area (Å²) in [6.45, 7) is 8.09. The van der Waals surface area contributed by atoms with Crippen LogP contribution in [0.1, 0.15) is 33.4 Å². The van der Waals surface area contributed by atoms with Crippen LogP contribution in [-0.4, -0.2) is 10.1 Å². The first-order valence-electron chi connectivity index (χ1n) is 5.13. The molecule has 0 aliphatic rings. The molecule has 0 bridgehead atoms. The second kappa shape index (κ2) is 4.09. The molecule has 1 aromatic rings. The molecule has 1 rings (SSSR count). The Bertz CT molecular complexity index is 272. The van der Waals surface area contributed by atoms with Gasteiger partial charge in [0, 0.05) is 6.20 Å². The molecule has 0 spiro atoms. The molecule has 0 fully saturated rings. The topological polar surface area (TPSA) is 33.1 Å². The molecule has 1 aromatic heterocycles. The second-order valence-electron chi connectivity index (χ2n) is 4.35. The Morgan fingerprint density at radius 1 is 1.14 bits per heavy atom. The number of aromatic nitrogens is 1. The molecule has 1 heterocycles. The lowest BCUT2D eigenvalue weighted by Gasteiger charge is -2.35. The second-order valence-corrected chi connectivity index (χ2v) is 4.35. The monoisotopic (exact) mass is 193 g/mol. The highest BCUT2D eigenvalue weighted by molar-refractivity contribution is 5.14. The molecule has 2 nitrogen and oxygen atoms in total. The van der Waals surface area contributed by atoms with Crippen LogP contribution in [0.2, 0.25) is 0 Å². The molecule has 0 saturated heterocycles. The number of hydrogen-bond donors (Lipinski definition) is 1. The minimum atomic E-state index is -0.818. The van der Waals surface area contributed by atoms with Gasteiger partial charge in [-0.05, 0) is 24.0 Å². The van der Waals surface area contributed by atoms with Crippen LogP contribution in [0.5, 0.6) is 0 Å². The lowest BCUT2D eigenvalue weighted by Crippen LogP contribution is -2.38. The Labute approximate surface area is 86.0 Å². The van der Waals surface area contributed by atoms with Gasteiger partial charge in [0.2, 0.25) is 0 Å². The minimum Gasteiger partial charge on any atom is -0.383 e. The van der Waals surface area contributed by atoms with E-state index >= 15 is 0 Å². The van der Waals surface area contributed by atoms with Gasteiger partial charge >= 0.3 is 0 Å². The van der Waals surface area contributed by atoms with E-state index < -0.39 is 5.60 Å². The molecule has 0 unspecified atom stereocenters. The van der Waals surface area contributed by atoms with Crippen molar-refractivity contribution in [1.29, 1.82) is 0 Å². The van der Waals surface area contributed by atoms with Crippen LogP contribution in [0, 0.1) is 11.8 Å². The van der Waals surface area contributed by atoms with E-state index in [1.54, 1.807) is 6.20 Å². The highest BCUT2D eigenvalue weighted by Crippen LogP contribution is 2.35. The van der Waals surface area contributed by atoms with Crippen LogP contribution in [0.4, 0.5) is 0 Å². The Kier molecular flexibility index (Phi) is 3.27. The van der Waals surface area contributed by atoms with Crippen LogP contribution in [0.25, 0.3) is 0 Å². The Morgan fingerprint density at radius 3 is 2.07 bits per heavy atom. The smallest absolute Gasteiger partial charge is 0.111 e. The van der Waals surface area contributed by atoms with Crippen molar-refractivity contribution in [2.75, 3.05) is 0 Å². The molecule has 0 radical (unpaired) electrons. The Morgan fingerprint density at radius 2 is 1.71 bits per heavy atom. The number of hydrogen-bond acceptors (Lipinski definition) is 2. The summed E-state index contributed by atoms with van der Waals surface area (Å²) in [6.07, 6.45) is 1.73. The lowest BCUT2D eigenvalue weighted by atomic mass is 9.78. The van der Waals surface area contributed by atoms with Gasteiger partial charge in [-0.25, -0.2) is 0 Å². The minimum absolute atomic E-state index is 0.164. The average Bonchev–Trinajstić information content (AvgIpc) is 2.17. The Hall–Kier alpha value is -0.890. The van der Waals surface area contributed by atoms with Crippen molar-refractivity contribution >= 4 is 0 Å². The van der Waals surface area contributed by atoms with Crippen LogP contribution in [0.3, 0.4) is 0 Å². The summed E-state index contributed by atoms with van der Waals surface area (Å²) < 4.78 is 0. The number of pyridine rings is 1. The highest BCUT2D eigenvalue weighted by Gasteiger charge is 2.37. The van der Waals surface area contributed by atoms with Crippen molar-refractivity contribution in [3.05, 3.63) is 30.1 Å².